The summed E-state index contributed by atoms with van der Waals surface area (Å²) >= 11 is 0. The first-order valence-corrected chi connectivity index (χ1v) is 10.6. The van der Waals surface area contributed by atoms with Crippen LogP contribution in [0.15, 0.2) is 66.4 Å². The summed E-state index contributed by atoms with van der Waals surface area (Å²) in [6, 6.07) is 7.81. The maximum Gasteiger partial charge on any atom is 0.408 e. The lowest BCUT2D eigenvalue weighted by atomic mass is 10.2. The molecule has 0 fully saturated rings. The van der Waals surface area contributed by atoms with E-state index in [-0.39, 0.29) is 36.0 Å². The Kier molecular flexibility index (Phi) is 6.21. The Labute approximate surface area is 175 Å². The van der Waals surface area contributed by atoms with Gasteiger partial charge in [-0.05, 0) is 36.4 Å². The van der Waals surface area contributed by atoms with Crippen molar-refractivity contribution in [2.75, 3.05) is 18.8 Å². The summed E-state index contributed by atoms with van der Waals surface area (Å²) in [6.45, 7) is -0.575. The summed E-state index contributed by atoms with van der Waals surface area (Å²) < 4.78 is 96.1. The molecule has 1 aliphatic heterocycles. The van der Waals surface area contributed by atoms with E-state index in [9.17, 15) is 30.4 Å². The number of halogens is 5. The summed E-state index contributed by atoms with van der Waals surface area (Å²) in [6.07, 6.45) is -0.619. The van der Waals surface area contributed by atoms with Crippen LogP contribution in [0.4, 0.5) is 27.6 Å². The Morgan fingerprint density at radius 2 is 1.74 bits per heavy atom. The van der Waals surface area contributed by atoms with Crippen LogP contribution < -0.4 is 14.4 Å². The second kappa shape index (κ2) is 8.40. The van der Waals surface area contributed by atoms with Gasteiger partial charge in [0.25, 0.3) is 0 Å². The van der Waals surface area contributed by atoms with Gasteiger partial charge >= 0.3 is 16.2 Å². The number of hydrogen-bond donors (Lipinski definition) is 1. The molecule has 31 heavy (non-hydrogen) atoms. The van der Waals surface area contributed by atoms with E-state index < -0.39 is 37.5 Å². The van der Waals surface area contributed by atoms with Crippen molar-refractivity contribution in [3.63, 3.8) is 0 Å². The number of nitrogens with zero attached hydrogens (tertiary/aromatic N) is 1. The molecule has 0 aliphatic carbocycles. The highest BCUT2D eigenvalue weighted by Gasteiger charge is 2.52. The molecule has 0 amide bonds. The van der Waals surface area contributed by atoms with Crippen LogP contribution in [0.25, 0.3) is 0 Å². The largest absolute Gasteiger partial charge is 0.454 e. The number of quaternary nitrogens is 1. The van der Waals surface area contributed by atoms with Gasteiger partial charge in [-0.3, -0.25) is 0 Å². The van der Waals surface area contributed by atoms with Gasteiger partial charge in [0.15, 0.2) is 23.0 Å². The smallest absolute Gasteiger partial charge is 0.408 e. The third kappa shape index (κ3) is 4.63. The third-order valence-electron chi connectivity index (χ3n) is 4.66. The van der Waals surface area contributed by atoms with Crippen LogP contribution in [-0.4, -0.2) is 33.4 Å². The molecule has 1 atom stereocenters. The average molecular weight is 461 g/mol. The highest BCUT2D eigenvalue weighted by Crippen LogP contribution is 2.39. The summed E-state index contributed by atoms with van der Waals surface area (Å²) in [5.74, 6) is -3.97. The van der Waals surface area contributed by atoms with Gasteiger partial charge < -0.3 is 10.5 Å². The third-order valence-corrected chi connectivity index (χ3v) is 6.89. The Morgan fingerprint density at radius 3 is 2.32 bits per heavy atom. The summed E-state index contributed by atoms with van der Waals surface area (Å²) in [4.78, 5) is 0. The minimum absolute atomic E-state index is 0.0113. The fourth-order valence-corrected chi connectivity index (χ4v) is 5.21. The minimum Gasteiger partial charge on any atom is -0.454 e. The molecule has 2 aromatic carbocycles. The van der Waals surface area contributed by atoms with Crippen LogP contribution in [-0.2, 0) is 10.0 Å². The standard InChI is InChI=1S/C20H18F5N2O3S/c21-14-4-9-19(18(22)11-14)30-17-7-5-15(6-8-17)27(10-2-1-3-16(27)12-26)31(28,29)13-20(23,24)25/h1-9,11H,10,12-13,26H2/q+1. The van der Waals surface area contributed by atoms with E-state index in [1.807, 2.05) is 0 Å². The predicted molar refractivity (Wildman–Crippen MR) is 106 cm³/mol. The Bertz CT molecular complexity index is 1130. The molecule has 0 aromatic heterocycles. The molecule has 166 valence electrons. The monoisotopic (exact) mass is 461 g/mol. The first kappa shape index (κ1) is 22.9. The fraction of sp³-hybridized carbons (Fsp3) is 0.200. The van der Waals surface area contributed by atoms with E-state index in [4.69, 9.17) is 10.5 Å². The molecule has 0 saturated carbocycles. The van der Waals surface area contributed by atoms with Crippen molar-refractivity contribution >= 4 is 15.7 Å². The molecule has 2 aromatic rings. The van der Waals surface area contributed by atoms with Gasteiger partial charge in [0.1, 0.15) is 23.8 Å². The van der Waals surface area contributed by atoms with Crippen LogP contribution in [0, 0.1) is 11.6 Å². The van der Waals surface area contributed by atoms with E-state index in [0.29, 0.717) is 6.07 Å². The predicted octanol–water partition coefficient (Wildman–Crippen LogP) is 4.37. The number of benzene rings is 2. The van der Waals surface area contributed by atoms with E-state index in [1.165, 1.54) is 42.5 Å². The van der Waals surface area contributed by atoms with E-state index in [1.54, 1.807) is 0 Å². The Morgan fingerprint density at radius 1 is 1.06 bits per heavy atom. The maximum atomic E-state index is 13.8. The van der Waals surface area contributed by atoms with Crippen molar-refractivity contribution in [3.05, 3.63) is 78.0 Å². The number of nitrogens with two attached hydrogens (primary N) is 1. The van der Waals surface area contributed by atoms with E-state index >= 15 is 0 Å². The molecule has 2 N–H and O–H groups in total. The van der Waals surface area contributed by atoms with Crippen LogP contribution in [0.2, 0.25) is 0 Å². The Hall–Kier alpha value is -2.76. The van der Waals surface area contributed by atoms with Gasteiger partial charge in [0.2, 0.25) is 0 Å². The lowest BCUT2D eigenvalue weighted by molar-refractivity contribution is -0.106. The number of sulfonamides is 1. The van der Waals surface area contributed by atoms with Crippen molar-refractivity contribution in [1.29, 1.82) is 0 Å². The molecule has 0 radical (unpaired) electrons. The quantitative estimate of drug-likeness (QED) is 0.513. The molecule has 1 aliphatic rings. The normalized spacial score (nSPS) is 19.2. The molecule has 5 nitrogen and oxygen atoms in total. The molecule has 11 heteroatoms. The Balaban J connectivity index is 2.03. The van der Waals surface area contributed by atoms with Crippen molar-refractivity contribution < 1.29 is 35.1 Å². The maximum absolute atomic E-state index is 13.8. The second-order valence-electron chi connectivity index (χ2n) is 6.72. The molecule has 3 rings (SSSR count). The first-order valence-electron chi connectivity index (χ1n) is 8.96. The molecule has 0 spiro atoms. The number of rotatable bonds is 6. The first-order chi connectivity index (χ1) is 14.5. The minimum atomic E-state index is -4.95. The van der Waals surface area contributed by atoms with Gasteiger partial charge in [-0.15, -0.1) is 0 Å². The van der Waals surface area contributed by atoms with Crippen LogP contribution in [0.3, 0.4) is 0 Å². The summed E-state index contributed by atoms with van der Waals surface area (Å²) in [5, 5.41) is 0. The lowest BCUT2D eigenvalue weighted by Gasteiger charge is -2.38. The van der Waals surface area contributed by atoms with Crippen molar-refractivity contribution in [3.8, 4) is 11.5 Å². The summed E-state index contributed by atoms with van der Waals surface area (Å²) in [5.41, 5.74) is 5.75. The van der Waals surface area contributed by atoms with Crippen molar-refractivity contribution in [2.45, 2.75) is 6.18 Å². The number of allylic oxidation sites excluding steroid dienone is 2. The topological polar surface area (TPSA) is 69.4 Å². The molecular weight excluding hydrogens is 443 g/mol. The SMILES string of the molecule is NCC1=CC=CC[N+]1(c1ccc(Oc2ccc(F)cc2F)cc1)S(=O)(=O)CC(F)(F)F. The average Bonchev–Trinajstić information content (AvgIpc) is 2.68. The zero-order valence-electron chi connectivity index (χ0n) is 15.9. The van der Waals surface area contributed by atoms with Gasteiger partial charge in [-0.1, -0.05) is 6.08 Å². The van der Waals surface area contributed by atoms with Crippen LogP contribution >= 0.6 is 0 Å². The van der Waals surface area contributed by atoms with Crippen molar-refractivity contribution in [2.24, 2.45) is 5.73 Å². The fourth-order valence-electron chi connectivity index (χ4n) is 3.32. The number of alkyl halides is 3. The zero-order chi connectivity index (χ0) is 22.9. The second-order valence-corrected chi connectivity index (χ2v) is 8.80. The van der Waals surface area contributed by atoms with E-state index in [0.717, 1.165) is 12.1 Å². The van der Waals surface area contributed by atoms with Gasteiger partial charge in [0.05, 0.1) is 6.54 Å². The molecular formula is C20H18F5N2O3S+. The van der Waals surface area contributed by atoms with Gasteiger partial charge in [0, 0.05) is 18.2 Å². The van der Waals surface area contributed by atoms with Crippen LogP contribution in [0.1, 0.15) is 0 Å². The van der Waals surface area contributed by atoms with Gasteiger partial charge in [-0.25, -0.2) is 8.78 Å². The molecule has 1 heterocycles. The number of ether oxygens (including phenoxy) is 1. The molecule has 1 unspecified atom stereocenters. The lowest BCUT2D eigenvalue weighted by Crippen LogP contribution is -2.58. The number of hydrogen-bond acceptors (Lipinski definition) is 4. The zero-order valence-corrected chi connectivity index (χ0v) is 16.8. The van der Waals surface area contributed by atoms with Crippen LogP contribution in [0.5, 0.6) is 11.5 Å². The highest BCUT2D eigenvalue weighted by atomic mass is 32.2. The van der Waals surface area contributed by atoms with Gasteiger partial charge in [-0.2, -0.15) is 25.5 Å². The van der Waals surface area contributed by atoms with E-state index in [2.05, 4.69) is 0 Å². The molecule has 0 saturated heterocycles. The molecule has 0 bridgehead atoms. The summed E-state index contributed by atoms with van der Waals surface area (Å²) in [7, 11) is -4.83. The van der Waals surface area contributed by atoms with Crippen molar-refractivity contribution in [1.82, 2.24) is 3.89 Å². The highest BCUT2D eigenvalue weighted by molar-refractivity contribution is 7.91.